The van der Waals surface area contributed by atoms with Gasteiger partial charge in [0.05, 0.1) is 0 Å². The molecule has 0 atom stereocenters. The largest absolute Gasteiger partial charge is 0.122 e. The molecule has 0 aliphatic carbocycles. The van der Waals surface area contributed by atoms with Gasteiger partial charge in [-0.3, -0.25) is 0 Å². The maximum atomic E-state index is 5.78. The van der Waals surface area contributed by atoms with Gasteiger partial charge >= 0.3 is 0 Å². The first kappa shape index (κ1) is 10.1. The minimum Gasteiger partial charge on any atom is -0.122 e. The average molecular weight is 248 g/mol. The van der Waals surface area contributed by atoms with Gasteiger partial charge in [0.25, 0.3) is 0 Å². The molecule has 0 amide bonds. The molecule has 0 fully saturated rings. The van der Waals surface area contributed by atoms with Crippen molar-refractivity contribution in [1.82, 2.24) is 0 Å². The summed E-state index contributed by atoms with van der Waals surface area (Å²) in [5.74, 6) is 1.14. The highest BCUT2D eigenvalue weighted by atomic mass is 79.9. The van der Waals surface area contributed by atoms with Gasteiger partial charge in [-0.15, -0.1) is 11.6 Å². The molecule has 0 heterocycles. The van der Waals surface area contributed by atoms with Gasteiger partial charge in [0.15, 0.2) is 0 Å². The summed E-state index contributed by atoms with van der Waals surface area (Å²) in [6, 6.07) is 6.35. The summed E-state index contributed by atoms with van der Waals surface area (Å²) < 4.78 is 1.10. The number of hydrogen-bond donors (Lipinski definition) is 0. The third kappa shape index (κ3) is 2.24. The zero-order valence-electron chi connectivity index (χ0n) is 7.27. The van der Waals surface area contributed by atoms with Gasteiger partial charge in [-0.1, -0.05) is 41.9 Å². The quantitative estimate of drug-likeness (QED) is 0.683. The molecule has 0 nitrogen and oxygen atoms in total. The number of halogens is 2. The Labute approximate surface area is 87.1 Å². The fourth-order valence-corrected chi connectivity index (χ4v) is 1.83. The standard InChI is InChI=1S/C10H12BrCl/c1-7(2)8-3-4-10(11)9(5-8)6-12/h3-5,7H,6H2,1-2H3. The molecule has 0 N–H and O–H groups in total. The molecule has 12 heavy (non-hydrogen) atoms. The first-order valence-electron chi connectivity index (χ1n) is 3.99. The Morgan fingerprint density at radius 3 is 2.58 bits per heavy atom. The van der Waals surface area contributed by atoms with Gasteiger partial charge in [-0.25, -0.2) is 0 Å². The lowest BCUT2D eigenvalue weighted by Crippen LogP contribution is -1.89. The maximum Gasteiger partial charge on any atom is 0.0485 e. The highest BCUT2D eigenvalue weighted by molar-refractivity contribution is 9.10. The van der Waals surface area contributed by atoms with Crippen LogP contribution in [0.4, 0.5) is 0 Å². The zero-order chi connectivity index (χ0) is 9.14. The van der Waals surface area contributed by atoms with Crippen molar-refractivity contribution >= 4 is 27.5 Å². The molecule has 0 bridgehead atoms. The van der Waals surface area contributed by atoms with Crippen LogP contribution >= 0.6 is 27.5 Å². The van der Waals surface area contributed by atoms with E-state index >= 15 is 0 Å². The molecule has 0 spiro atoms. The van der Waals surface area contributed by atoms with Gasteiger partial charge in [0, 0.05) is 10.4 Å². The number of hydrogen-bond acceptors (Lipinski definition) is 0. The van der Waals surface area contributed by atoms with Crippen LogP contribution < -0.4 is 0 Å². The van der Waals surface area contributed by atoms with Crippen LogP contribution in [0.1, 0.15) is 30.9 Å². The highest BCUT2D eigenvalue weighted by Crippen LogP contribution is 2.23. The smallest absolute Gasteiger partial charge is 0.0485 e. The average Bonchev–Trinajstić information content (AvgIpc) is 2.05. The Morgan fingerprint density at radius 1 is 1.42 bits per heavy atom. The van der Waals surface area contributed by atoms with E-state index in [9.17, 15) is 0 Å². The molecule has 0 saturated carbocycles. The topological polar surface area (TPSA) is 0 Å². The third-order valence-electron chi connectivity index (χ3n) is 1.88. The molecule has 1 aromatic carbocycles. The van der Waals surface area contributed by atoms with Crippen molar-refractivity contribution in [2.75, 3.05) is 0 Å². The zero-order valence-corrected chi connectivity index (χ0v) is 9.61. The second-order valence-electron chi connectivity index (χ2n) is 3.14. The van der Waals surface area contributed by atoms with Crippen LogP contribution in [0, 0.1) is 0 Å². The predicted molar refractivity (Wildman–Crippen MR) is 57.8 cm³/mol. The van der Waals surface area contributed by atoms with Gasteiger partial charge < -0.3 is 0 Å². The summed E-state index contributed by atoms with van der Waals surface area (Å²) in [6.45, 7) is 4.36. The van der Waals surface area contributed by atoms with E-state index in [0.717, 1.165) is 4.47 Å². The van der Waals surface area contributed by atoms with Crippen molar-refractivity contribution in [2.24, 2.45) is 0 Å². The van der Waals surface area contributed by atoms with E-state index in [1.807, 2.05) is 0 Å². The van der Waals surface area contributed by atoms with Crippen molar-refractivity contribution in [1.29, 1.82) is 0 Å². The monoisotopic (exact) mass is 246 g/mol. The lowest BCUT2D eigenvalue weighted by molar-refractivity contribution is 0.864. The first-order chi connectivity index (χ1) is 5.65. The highest BCUT2D eigenvalue weighted by Gasteiger charge is 2.02. The maximum absolute atomic E-state index is 5.78. The van der Waals surface area contributed by atoms with Crippen molar-refractivity contribution in [3.05, 3.63) is 33.8 Å². The lowest BCUT2D eigenvalue weighted by atomic mass is 10.0. The van der Waals surface area contributed by atoms with Crippen molar-refractivity contribution in [2.45, 2.75) is 25.6 Å². The third-order valence-corrected chi connectivity index (χ3v) is 2.94. The second kappa shape index (κ2) is 4.29. The molecular formula is C10H12BrCl. The Kier molecular flexibility index (Phi) is 3.60. The van der Waals surface area contributed by atoms with Crippen LogP contribution in [0.2, 0.25) is 0 Å². The molecule has 0 aliphatic rings. The summed E-state index contributed by atoms with van der Waals surface area (Å²) in [5, 5.41) is 0. The minimum absolute atomic E-state index is 0.570. The Bertz CT molecular complexity index is 269. The summed E-state index contributed by atoms with van der Waals surface area (Å²) in [5.41, 5.74) is 2.51. The van der Waals surface area contributed by atoms with E-state index in [-0.39, 0.29) is 0 Å². The van der Waals surface area contributed by atoms with Gasteiger partial charge in [-0.2, -0.15) is 0 Å². The van der Waals surface area contributed by atoms with Crippen LogP contribution in [0.3, 0.4) is 0 Å². The normalized spacial score (nSPS) is 10.8. The molecule has 2 heteroatoms. The van der Waals surface area contributed by atoms with Gasteiger partial charge in [0.2, 0.25) is 0 Å². The number of benzene rings is 1. The minimum atomic E-state index is 0.570. The van der Waals surface area contributed by atoms with E-state index in [0.29, 0.717) is 11.8 Å². The molecule has 0 saturated heterocycles. The van der Waals surface area contributed by atoms with Crippen LogP contribution in [0.5, 0.6) is 0 Å². The van der Waals surface area contributed by atoms with E-state index in [2.05, 4.69) is 48.0 Å². The fourth-order valence-electron chi connectivity index (χ4n) is 1.06. The van der Waals surface area contributed by atoms with Crippen LogP contribution in [-0.4, -0.2) is 0 Å². The van der Waals surface area contributed by atoms with Crippen molar-refractivity contribution in [3.8, 4) is 0 Å². The molecule has 0 aliphatic heterocycles. The first-order valence-corrected chi connectivity index (χ1v) is 5.32. The Hall–Kier alpha value is -0.0100. The number of alkyl halides is 1. The molecule has 1 rings (SSSR count). The summed E-state index contributed by atoms with van der Waals surface area (Å²) >= 11 is 9.23. The van der Waals surface area contributed by atoms with E-state index in [4.69, 9.17) is 11.6 Å². The Balaban J connectivity index is 3.05. The molecular weight excluding hydrogens is 235 g/mol. The van der Waals surface area contributed by atoms with E-state index in [1.165, 1.54) is 11.1 Å². The summed E-state index contributed by atoms with van der Waals surface area (Å²) in [6.07, 6.45) is 0. The summed E-state index contributed by atoms with van der Waals surface area (Å²) in [7, 11) is 0. The molecule has 1 aromatic rings. The van der Waals surface area contributed by atoms with Crippen molar-refractivity contribution < 1.29 is 0 Å². The summed E-state index contributed by atoms with van der Waals surface area (Å²) in [4.78, 5) is 0. The van der Waals surface area contributed by atoms with Crippen LogP contribution in [0.15, 0.2) is 22.7 Å². The van der Waals surface area contributed by atoms with Crippen LogP contribution in [0.25, 0.3) is 0 Å². The lowest BCUT2D eigenvalue weighted by Gasteiger charge is -2.07. The van der Waals surface area contributed by atoms with Crippen molar-refractivity contribution in [3.63, 3.8) is 0 Å². The van der Waals surface area contributed by atoms with E-state index < -0.39 is 0 Å². The van der Waals surface area contributed by atoms with Gasteiger partial charge in [0.1, 0.15) is 0 Å². The number of rotatable bonds is 2. The molecule has 66 valence electrons. The fraction of sp³-hybridized carbons (Fsp3) is 0.400. The molecule has 0 aromatic heterocycles. The predicted octanol–water partition coefficient (Wildman–Crippen LogP) is 4.31. The SMILES string of the molecule is CC(C)c1ccc(Br)c(CCl)c1. The van der Waals surface area contributed by atoms with Crippen LogP contribution in [-0.2, 0) is 5.88 Å². The Morgan fingerprint density at radius 2 is 2.08 bits per heavy atom. The molecule has 0 radical (unpaired) electrons. The second-order valence-corrected chi connectivity index (χ2v) is 4.26. The van der Waals surface area contributed by atoms with Gasteiger partial charge in [-0.05, 0) is 23.1 Å². The van der Waals surface area contributed by atoms with E-state index in [1.54, 1.807) is 0 Å². The molecule has 0 unspecified atom stereocenters.